The molecule has 1 aliphatic heterocycles. The highest BCUT2D eigenvalue weighted by atomic mass is 35.5. The van der Waals surface area contributed by atoms with E-state index in [1.54, 1.807) is 42.3 Å². The first-order chi connectivity index (χ1) is 12.0. The van der Waals surface area contributed by atoms with Crippen molar-refractivity contribution in [2.45, 2.75) is 6.04 Å². The van der Waals surface area contributed by atoms with E-state index >= 15 is 0 Å². The van der Waals surface area contributed by atoms with E-state index in [0.717, 1.165) is 5.56 Å². The van der Waals surface area contributed by atoms with Gasteiger partial charge in [0.05, 0.1) is 16.1 Å². The SMILES string of the molecule is CN1C(=O)c2[nH]nc(-c3ccccc3O)c2[C@@H]1c1ccc(Cl)c(Cl)c1. The maximum Gasteiger partial charge on any atom is 0.272 e. The van der Waals surface area contributed by atoms with E-state index in [2.05, 4.69) is 10.2 Å². The number of rotatable bonds is 2. The minimum absolute atomic E-state index is 0.103. The highest BCUT2D eigenvalue weighted by Crippen LogP contribution is 2.44. The molecule has 0 spiro atoms. The third-order valence-corrected chi connectivity index (χ3v) is 5.16. The number of phenols is 1. The first-order valence-corrected chi connectivity index (χ1v) is 8.33. The molecule has 0 saturated carbocycles. The standard InChI is InChI=1S/C18H13Cl2N3O2/c1-23-17(9-6-7-11(19)12(20)8-9)14-15(21-22-16(14)18(23)25)10-4-2-3-5-13(10)24/h2-8,17,24H,1H3,(H,21,22)/t17-/m0/s1. The van der Waals surface area contributed by atoms with Crippen molar-refractivity contribution >= 4 is 29.1 Å². The molecule has 0 radical (unpaired) electrons. The Bertz CT molecular complexity index is 1000. The number of aromatic hydroxyl groups is 1. The van der Waals surface area contributed by atoms with E-state index in [1.165, 1.54) is 0 Å². The van der Waals surface area contributed by atoms with E-state index in [0.29, 0.717) is 32.6 Å². The van der Waals surface area contributed by atoms with Crippen molar-refractivity contribution in [3.8, 4) is 17.0 Å². The van der Waals surface area contributed by atoms with E-state index in [9.17, 15) is 9.90 Å². The summed E-state index contributed by atoms with van der Waals surface area (Å²) >= 11 is 12.2. The van der Waals surface area contributed by atoms with Crippen molar-refractivity contribution in [2.75, 3.05) is 7.05 Å². The van der Waals surface area contributed by atoms with Crippen LogP contribution in [0.5, 0.6) is 5.75 Å². The largest absolute Gasteiger partial charge is 0.507 e. The molecular formula is C18H13Cl2N3O2. The molecule has 1 aromatic heterocycles. The molecule has 0 aliphatic carbocycles. The lowest BCUT2D eigenvalue weighted by atomic mass is 9.96. The first kappa shape index (κ1) is 16.0. The van der Waals surface area contributed by atoms with Crippen LogP contribution in [0.2, 0.25) is 10.0 Å². The molecule has 0 bridgehead atoms. The second-order valence-corrected chi connectivity index (χ2v) is 6.68. The van der Waals surface area contributed by atoms with Gasteiger partial charge in [0.25, 0.3) is 5.91 Å². The van der Waals surface area contributed by atoms with Crippen LogP contribution in [-0.4, -0.2) is 33.2 Å². The number of para-hydroxylation sites is 1. The Morgan fingerprint density at radius 3 is 2.64 bits per heavy atom. The van der Waals surface area contributed by atoms with Crippen LogP contribution in [0.3, 0.4) is 0 Å². The van der Waals surface area contributed by atoms with E-state index in [-0.39, 0.29) is 17.7 Å². The second-order valence-electron chi connectivity index (χ2n) is 5.87. The van der Waals surface area contributed by atoms with Crippen LogP contribution in [0, 0.1) is 0 Å². The number of halogens is 2. The molecule has 0 fully saturated rings. The molecule has 126 valence electrons. The van der Waals surface area contributed by atoms with Crippen LogP contribution < -0.4 is 0 Å². The Morgan fingerprint density at radius 2 is 1.92 bits per heavy atom. The summed E-state index contributed by atoms with van der Waals surface area (Å²) in [5.74, 6) is -0.0630. The van der Waals surface area contributed by atoms with Crippen molar-refractivity contribution in [3.63, 3.8) is 0 Å². The number of hydrogen-bond acceptors (Lipinski definition) is 3. The number of carbonyl (C=O) groups excluding carboxylic acids is 1. The van der Waals surface area contributed by atoms with Gasteiger partial charge in [-0.05, 0) is 29.8 Å². The number of fused-ring (bicyclic) bond motifs is 1. The van der Waals surface area contributed by atoms with Crippen LogP contribution in [0.15, 0.2) is 42.5 Å². The van der Waals surface area contributed by atoms with Crippen LogP contribution in [0.25, 0.3) is 11.3 Å². The molecule has 0 saturated heterocycles. The number of carbonyl (C=O) groups is 1. The van der Waals surface area contributed by atoms with Gasteiger partial charge in [0.15, 0.2) is 0 Å². The Labute approximate surface area is 153 Å². The quantitative estimate of drug-likeness (QED) is 0.704. The Morgan fingerprint density at radius 1 is 1.16 bits per heavy atom. The molecule has 1 aliphatic rings. The molecule has 4 rings (SSSR count). The van der Waals surface area contributed by atoms with Gasteiger partial charge in [0.2, 0.25) is 0 Å². The molecule has 2 N–H and O–H groups in total. The smallest absolute Gasteiger partial charge is 0.272 e. The number of nitrogens with one attached hydrogen (secondary N) is 1. The van der Waals surface area contributed by atoms with Crippen LogP contribution in [-0.2, 0) is 0 Å². The van der Waals surface area contributed by atoms with Crippen molar-refractivity contribution in [3.05, 3.63) is 69.3 Å². The zero-order valence-corrected chi connectivity index (χ0v) is 14.6. The average molecular weight is 374 g/mol. The number of H-pyrrole nitrogens is 1. The summed E-state index contributed by atoms with van der Waals surface area (Å²) in [5.41, 5.74) is 3.06. The number of aromatic nitrogens is 2. The number of phenolic OH excluding ortho intramolecular Hbond substituents is 1. The summed E-state index contributed by atoms with van der Waals surface area (Å²) in [6.07, 6.45) is 0. The fourth-order valence-electron chi connectivity index (χ4n) is 3.22. The Hall–Kier alpha value is -2.50. The van der Waals surface area contributed by atoms with Crippen molar-refractivity contribution in [1.29, 1.82) is 0 Å². The summed E-state index contributed by atoms with van der Waals surface area (Å²) in [7, 11) is 1.72. The predicted octanol–water partition coefficient (Wildman–Crippen LogP) is 4.26. The van der Waals surface area contributed by atoms with Gasteiger partial charge >= 0.3 is 0 Å². The summed E-state index contributed by atoms with van der Waals surface area (Å²) in [6.45, 7) is 0. The third-order valence-electron chi connectivity index (χ3n) is 4.42. The van der Waals surface area contributed by atoms with Gasteiger partial charge in [-0.15, -0.1) is 0 Å². The average Bonchev–Trinajstić information content (AvgIpc) is 3.11. The van der Waals surface area contributed by atoms with E-state index in [4.69, 9.17) is 23.2 Å². The number of nitrogens with zero attached hydrogens (tertiary/aromatic N) is 2. The first-order valence-electron chi connectivity index (χ1n) is 7.57. The Balaban J connectivity index is 1.93. The van der Waals surface area contributed by atoms with E-state index in [1.807, 2.05) is 12.1 Å². The zero-order valence-electron chi connectivity index (χ0n) is 13.1. The van der Waals surface area contributed by atoms with Gasteiger partial charge in [0, 0.05) is 18.2 Å². The lowest BCUT2D eigenvalue weighted by molar-refractivity contribution is 0.0788. The van der Waals surface area contributed by atoms with Crippen LogP contribution >= 0.6 is 23.2 Å². The molecule has 1 atom stereocenters. The lowest BCUT2D eigenvalue weighted by Gasteiger charge is -2.22. The summed E-state index contributed by atoms with van der Waals surface area (Å²) in [5, 5.41) is 18.1. The van der Waals surface area contributed by atoms with Gasteiger partial charge in [-0.25, -0.2) is 0 Å². The maximum atomic E-state index is 12.6. The molecule has 2 aromatic carbocycles. The maximum absolute atomic E-state index is 12.6. The second kappa shape index (κ2) is 5.79. The molecule has 5 nitrogen and oxygen atoms in total. The van der Waals surface area contributed by atoms with E-state index < -0.39 is 0 Å². The molecule has 0 unspecified atom stereocenters. The van der Waals surface area contributed by atoms with Gasteiger partial charge in [-0.2, -0.15) is 5.10 Å². The van der Waals surface area contributed by atoms with Crippen molar-refractivity contribution in [1.82, 2.24) is 15.1 Å². The molecule has 7 heteroatoms. The number of amides is 1. The van der Waals surface area contributed by atoms with Gasteiger partial charge in [-0.1, -0.05) is 41.4 Å². The van der Waals surface area contributed by atoms with Gasteiger partial charge < -0.3 is 10.0 Å². The Kier molecular flexibility index (Phi) is 3.71. The molecular weight excluding hydrogens is 361 g/mol. The van der Waals surface area contributed by atoms with Crippen molar-refractivity contribution in [2.24, 2.45) is 0 Å². The molecule has 3 aromatic rings. The van der Waals surface area contributed by atoms with Gasteiger partial charge in [0.1, 0.15) is 17.1 Å². The number of aromatic amines is 1. The number of benzene rings is 2. The highest BCUT2D eigenvalue weighted by molar-refractivity contribution is 6.42. The fourth-order valence-corrected chi connectivity index (χ4v) is 3.53. The monoisotopic (exact) mass is 373 g/mol. The summed E-state index contributed by atoms with van der Waals surface area (Å²) < 4.78 is 0. The highest BCUT2D eigenvalue weighted by Gasteiger charge is 2.40. The van der Waals surface area contributed by atoms with Crippen LogP contribution in [0.4, 0.5) is 0 Å². The zero-order chi connectivity index (χ0) is 17.7. The molecule has 2 heterocycles. The number of hydrogen-bond donors (Lipinski definition) is 2. The summed E-state index contributed by atoms with van der Waals surface area (Å²) in [4.78, 5) is 14.2. The normalized spacial score (nSPS) is 16.4. The minimum atomic E-state index is -0.370. The van der Waals surface area contributed by atoms with Gasteiger partial charge in [-0.3, -0.25) is 9.89 Å². The molecule has 1 amide bonds. The summed E-state index contributed by atoms with van der Waals surface area (Å²) in [6, 6.07) is 11.8. The third kappa shape index (κ3) is 2.39. The minimum Gasteiger partial charge on any atom is -0.507 e. The van der Waals surface area contributed by atoms with Crippen molar-refractivity contribution < 1.29 is 9.90 Å². The molecule has 25 heavy (non-hydrogen) atoms. The predicted molar refractivity (Wildman–Crippen MR) is 96.1 cm³/mol. The topological polar surface area (TPSA) is 69.2 Å². The lowest BCUT2D eigenvalue weighted by Crippen LogP contribution is -2.24. The van der Waals surface area contributed by atoms with Crippen LogP contribution in [0.1, 0.15) is 27.7 Å². The fraction of sp³-hybridized carbons (Fsp3) is 0.111.